The van der Waals surface area contributed by atoms with Crippen LogP contribution in [0.25, 0.3) is 0 Å². The van der Waals surface area contributed by atoms with Crippen LogP contribution in [-0.4, -0.2) is 35.6 Å². The number of aromatic nitrogens is 1. The second-order valence-corrected chi connectivity index (χ2v) is 7.36. The number of methoxy groups -OCH3 is 1. The number of carbonyl (C=O) groups is 2. The summed E-state index contributed by atoms with van der Waals surface area (Å²) in [6, 6.07) is 9.52. The molecule has 1 unspecified atom stereocenters. The van der Waals surface area contributed by atoms with Gasteiger partial charge in [-0.15, -0.1) is 0 Å². The van der Waals surface area contributed by atoms with Crippen molar-refractivity contribution in [2.24, 2.45) is 0 Å². The minimum atomic E-state index is -0.852. The molecule has 1 atom stereocenters. The second kappa shape index (κ2) is 8.86. The van der Waals surface area contributed by atoms with Gasteiger partial charge in [-0.3, -0.25) is 4.79 Å². The highest BCUT2D eigenvalue weighted by molar-refractivity contribution is 6.31. The summed E-state index contributed by atoms with van der Waals surface area (Å²) in [6.45, 7) is 5.26. The standard InChI is InChI=1S/C20H23ClN2O4/c1-20(2,3)27-19(25)23-16(11-13-7-5-6-8-15(13)21)18(24)14-9-10-17(26-4)22-12-14/h5-10,12,16H,11H2,1-4H3,(H,23,25). The number of Topliss-reactive ketones (excluding diaryl/α,β-unsaturated/α-hetero) is 1. The molecule has 6 nitrogen and oxygen atoms in total. The molecule has 1 amide bonds. The normalized spacial score (nSPS) is 12.2. The number of nitrogens with one attached hydrogen (secondary N) is 1. The molecule has 1 heterocycles. The lowest BCUT2D eigenvalue weighted by Gasteiger charge is -2.23. The average molecular weight is 391 g/mol. The van der Waals surface area contributed by atoms with Gasteiger partial charge in [-0.1, -0.05) is 29.8 Å². The number of halogens is 1. The van der Waals surface area contributed by atoms with Crippen LogP contribution in [0.15, 0.2) is 42.6 Å². The van der Waals surface area contributed by atoms with E-state index < -0.39 is 17.7 Å². The van der Waals surface area contributed by atoms with E-state index >= 15 is 0 Å². The number of carbonyl (C=O) groups excluding carboxylic acids is 2. The summed E-state index contributed by atoms with van der Waals surface area (Å²) in [5.74, 6) is 0.102. The summed E-state index contributed by atoms with van der Waals surface area (Å²) in [4.78, 5) is 29.2. The molecule has 0 bridgehead atoms. The number of hydrogen-bond acceptors (Lipinski definition) is 5. The number of nitrogens with zero attached hydrogens (tertiary/aromatic N) is 1. The van der Waals surface area contributed by atoms with E-state index in [1.807, 2.05) is 12.1 Å². The Morgan fingerprint density at radius 3 is 2.44 bits per heavy atom. The molecule has 0 saturated heterocycles. The number of amides is 1. The monoisotopic (exact) mass is 390 g/mol. The Hall–Kier alpha value is -2.60. The van der Waals surface area contributed by atoms with Crippen LogP contribution in [0, 0.1) is 0 Å². The zero-order valence-electron chi connectivity index (χ0n) is 15.8. The maximum atomic E-state index is 13.0. The first kappa shape index (κ1) is 20.7. The van der Waals surface area contributed by atoms with Crippen LogP contribution in [0.5, 0.6) is 5.88 Å². The van der Waals surface area contributed by atoms with Gasteiger partial charge in [-0.05, 0) is 38.5 Å². The van der Waals surface area contributed by atoms with Crippen LogP contribution in [0.2, 0.25) is 5.02 Å². The van der Waals surface area contributed by atoms with Crippen LogP contribution < -0.4 is 10.1 Å². The number of ketones is 1. The molecule has 2 aromatic rings. The quantitative estimate of drug-likeness (QED) is 0.752. The van der Waals surface area contributed by atoms with E-state index in [1.165, 1.54) is 13.3 Å². The third kappa shape index (κ3) is 6.25. The van der Waals surface area contributed by atoms with Crippen molar-refractivity contribution in [3.8, 4) is 5.88 Å². The zero-order chi connectivity index (χ0) is 20.0. The van der Waals surface area contributed by atoms with E-state index in [-0.39, 0.29) is 12.2 Å². The zero-order valence-corrected chi connectivity index (χ0v) is 16.5. The van der Waals surface area contributed by atoms with E-state index in [9.17, 15) is 9.59 Å². The Kier molecular flexibility index (Phi) is 6.80. The van der Waals surface area contributed by atoms with Gasteiger partial charge in [-0.25, -0.2) is 9.78 Å². The van der Waals surface area contributed by atoms with Gasteiger partial charge in [-0.2, -0.15) is 0 Å². The summed E-state index contributed by atoms with van der Waals surface area (Å²) in [5, 5.41) is 3.17. The molecule has 0 spiro atoms. The van der Waals surface area contributed by atoms with Crippen molar-refractivity contribution in [2.45, 2.75) is 38.8 Å². The fourth-order valence-electron chi connectivity index (χ4n) is 2.39. The molecular weight excluding hydrogens is 368 g/mol. The van der Waals surface area contributed by atoms with E-state index in [0.29, 0.717) is 16.5 Å². The van der Waals surface area contributed by atoms with Crippen LogP contribution in [0.3, 0.4) is 0 Å². The molecule has 7 heteroatoms. The lowest BCUT2D eigenvalue weighted by Crippen LogP contribution is -2.44. The van der Waals surface area contributed by atoms with Crippen LogP contribution in [-0.2, 0) is 11.2 Å². The Morgan fingerprint density at radius 2 is 1.89 bits per heavy atom. The van der Waals surface area contributed by atoms with Crippen LogP contribution in [0.1, 0.15) is 36.7 Å². The molecule has 0 aliphatic carbocycles. The van der Waals surface area contributed by atoms with Crippen molar-refractivity contribution in [3.63, 3.8) is 0 Å². The van der Waals surface area contributed by atoms with Crippen molar-refractivity contribution < 1.29 is 19.1 Å². The molecule has 0 saturated carbocycles. The summed E-state index contributed by atoms with van der Waals surface area (Å²) in [7, 11) is 1.49. The molecule has 0 fully saturated rings. The summed E-state index contributed by atoms with van der Waals surface area (Å²) in [5.41, 5.74) is 0.419. The maximum absolute atomic E-state index is 13.0. The third-order valence-electron chi connectivity index (χ3n) is 3.62. The number of rotatable bonds is 6. The van der Waals surface area contributed by atoms with Gasteiger partial charge in [0.15, 0.2) is 5.78 Å². The SMILES string of the molecule is COc1ccc(C(=O)C(Cc2ccccc2Cl)NC(=O)OC(C)(C)C)cn1. The molecule has 2 rings (SSSR count). The number of hydrogen-bond donors (Lipinski definition) is 1. The predicted molar refractivity (Wildman–Crippen MR) is 103 cm³/mol. The highest BCUT2D eigenvalue weighted by Gasteiger charge is 2.26. The Morgan fingerprint density at radius 1 is 1.19 bits per heavy atom. The lowest BCUT2D eigenvalue weighted by atomic mass is 9.98. The first-order valence-electron chi connectivity index (χ1n) is 8.47. The minimum absolute atomic E-state index is 0.226. The Labute approximate surface area is 163 Å². The summed E-state index contributed by atoms with van der Waals surface area (Å²) in [6.07, 6.45) is 0.968. The Balaban J connectivity index is 2.25. The third-order valence-corrected chi connectivity index (χ3v) is 3.99. The molecule has 1 aromatic carbocycles. The molecular formula is C20H23ClN2O4. The topological polar surface area (TPSA) is 77.5 Å². The average Bonchev–Trinajstić information content (AvgIpc) is 2.61. The van der Waals surface area contributed by atoms with Gasteiger partial charge < -0.3 is 14.8 Å². The summed E-state index contributed by atoms with van der Waals surface area (Å²) < 4.78 is 10.3. The molecule has 144 valence electrons. The van der Waals surface area contributed by atoms with E-state index in [0.717, 1.165) is 5.56 Å². The van der Waals surface area contributed by atoms with Crippen molar-refractivity contribution in [3.05, 3.63) is 58.7 Å². The molecule has 0 aliphatic rings. The number of ether oxygens (including phenoxy) is 2. The van der Waals surface area contributed by atoms with Crippen molar-refractivity contribution >= 4 is 23.5 Å². The molecule has 0 radical (unpaired) electrons. The second-order valence-electron chi connectivity index (χ2n) is 6.95. The van der Waals surface area contributed by atoms with Crippen molar-refractivity contribution in [1.29, 1.82) is 0 Å². The molecule has 27 heavy (non-hydrogen) atoms. The first-order chi connectivity index (χ1) is 12.7. The van der Waals surface area contributed by atoms with Gasteiger partial charge >= 0.3 is 6.09 Å². The van der Waals surface area contributed by atoms with Gasteiger partial charge in [0.05, 0.1) is 13.2 Å². The fraction of sp³-hybridized carbons (Fsp3) is 0.350. The molecule has 1 aromatic heterocycles. The molecule has 0 aliphatic heterocycles. The van der Waals surface area contributed by atoms with Gasteiger partial charge in [0.1, 0.15) is 5.60 Å². The van der Waals surface area contributed by atoms with Crippen LogP contribution >= 0.6 is 11.6 Å². The van der Waals surface area contributed by atoms with E-state index in [1.54, 1.807) is 45.0 Å². The van der Waals surface area contributed by atoms with Gasteiger partial charge in [0.25, 0.3) is 0 Å². The summed E-state index contributed by atoms with van der Waals surface area (Å²) >= 11 is 6.22. The highest BCUT2D eigenvalue weighted by atomic mass is 35.5. The smallest absolute Gasteiger partial charge is 0.408 e. The Bertz CT molecular complexity index is 800. The maximum Gasteiger partial charge on any atom is 0.408 e. The first-order valence-corrected chi connectivity index (χ1v) is 8.84. The van der Waals surface area contributed by atoms with Crippen molar-refractivity contribution in [1.82, 2.24) is 10.3 Å². The molecule has 1 N–H and O–H groups in total. The van der Waals surface area contributed by atoms with E-state index in [4.69, 9.17) is 21.1 Å². The lowest BCUT2D eigenvalue weighted by molar-refractivity contribution is 0.0491. The minimum Gasteiger partial charge on any atom is -0.481 e. The predicted octanol–water partition coefficient (Wildman–Crippen LogP) is 4.06. The van der Waals surface area contributed by atoms with Crippen LogP contribution in [0.4, 0.5) is 4.79 Å². The fourth-order valence-corrected chi connectivity index (χ4v) is 2.60. The van der Waals surface area contributed by atoms with Gasteiger partial charge in [0.2, 0.25) is 5.88 Å². The highest BCUT2D eigenvalue weighted by Crippen LogP contribution is 2.19. The van der Waals surface area contributed by atoms with Gasteiger partial charge in [0, 0.05) is 29.3 Å². The van der Waals surface area contributed by atoms with Crippen molar-refractivity contribution in [2.75, 3.05) is 7.11 Å². The largest absolute Gasteiger partial charge is 0.481 e. The van der Waals surface area contributed by atoms with E-state index in [2.05, 4.69) is 10.3 Å². The number of benzene rings is 1. The number of pyridine rings is 1. The number of alkyl carbamates (subject to hydrolysis) is 1.